The third-order valence-corrected chi connectivity index (χ3v) is 7.22. The summed E-state index contributed by atoms with van der Waals surface area (Å²) in [6.07, 6.45) is 7.49. The zero-order valence-corrected chi connectivity index (χ0v) is 20.1. The van der Waals surface area contributed by atoms with Crippen LogP contribution in [0.3, 0.4) is 0 Å². The standard InChI is InChI=1S/C27H30N6O3/c34-27(30-21-7-11-28-12-8-21)29-20-3-1-19(2-4-20)26-31-24(18-9-13-35-14-10-18)15-25(32-26)33-22-5-6-23(33)17-36-16-22/h1-4,7-8,11-12,15,18,22-23H,5-6,9-10,13-14,16-17H2,(H2,28,29,30,34). The van der Waals surface area contributed by atoms with Gasteiger partial charge in [-0.3, -0.25) is 4.98 Å². The number of urea groups is 1. The van der Waals surface area contributed by atoms with Gasteiger partial charge in [-0.2, -0.15) is 0 Å². The highest BCUT2D eigenvalue weighted by atomic mass is 16.5. The highest BCUT2D eigenvalue weighted by Crippen LogP contribution is 2.36. The summed E-state index contributed by atoms with van der Waals surface area (Å²) < 4.78 is 11.4. The summed E-state index contributed by atoms with van der Waals surface area (Å²) in [5, 5.41) is 5.67. The number of carbonyl (C=O) groups is 1. The Morgan fingerprint density at radius 1 is 0.833 bits per heavy atom. The minimum atomic E-state index is -0.309. The van der Waals surface area contributed by atoms with Crippen LogP contribution in [0.2, 0.25) is 0 Å². The second-order valence-electron chi connectivity index (χ2n) is 9.58. The molecule has 9 nitrogen and oxygen atoms in total. The fourth-order valence-electron chi connectivity index (χ4n) is 5.35. The monoisotopic (exact) mass is 486 g/mol. The van der Waals surface area contributed by atoms with Crippen molar-refractivity contribution in [3.05, 3.63) is 60.6 Å². The molecule has 36 heavy (non-hydrogen) atoms. The lowest BCUT2D eigenvalue weighted by Crippen LogP contribution is -2.46. The Morgan fingerprint density at radius 2 is 1.50 bits per heavy atom. The normalized spacial score (nSPS) is 21.8. The maximum atomic E-state index is 12.4. The van der Waals surface area contributed by atoms with E-state index in [1.54, 1.807) is 24.5 Å². The molecule has 9 heteroatoms. The van der Waals surface area contributed by atoms with Gasteiger partial charge >= 0.3 is 6.03 Å². The molecular weight excluding hydrogens is 456 g/mol. The number of benzene rings is 1. The first kappa shape index (κ1) is 22.9. The molecule has 2 unspecified atom stereocenters. The van der Waals surface area contributed by atoms with Gasteiger partial charge in [0.1, 0.15) is 5.82 Å². The number of hydrogen-bond donors (Lipinski definition) is 2. The van der Waals surface area contributed by atoms with Crippen LogP contribution in [0.15, 0.2) is 54.9 Å². The lowest BCUT2D eigenvalue weighted by atomic mass is 9.96. The van der Waals surface area contributed by atoms with Crippen molar-refractivity contribution >= 4 is 23.2 Å². The van der Waals surface area contributed by atoms with Crippen molar-refractivity contribution in [3.8, 4) is 11.4 Å². The van der Waals surface area contributed by atoms with Gasteiger partial charge in [0, 0.05) is 60.2 Å². The lowest BCUT2D eigenvalue weighted by Gasteiger charge is -2.36. The van der Waals surface area contributed by atoms with E-state index in [9.17, 15) is 4.79 Å². The quantitative estimate of drug-likeness (QED) is 0.550. The van der Waals surface area contributed by atoms with E-state index in [-0.39, 0.29) is 6.03 Å². The summed E-state index contributed by atoms with van der Waals surface area (Å²) in [4.78, 5) is 28.8. The van der Waals surface area contributed by atoms with Crippen LogP contribution >= 0.6 is 0 Å². The molecule has 0 spiro atoms. The van der Waals surface area contributed by atoms with Crippen molar-refractivity contribution in [2.75, 3.05) is 42.0 Å². The third kappa shape index (κ3) is 4.89. The van der Waals surface area contributed by atoms with Gasteiger partial charge in [0.05, 0.1) is 25.3 Å². The van der Waals surface area contributed by atoms with E-state index < -0.39 is 0 Å². The number of nitrogens with one attached hydrogen (secondary N) is 2. The fraction of sp³-hybridized carbons (Fsp3) is 0.407. The summed E-state index contributed by atoms with van der Waals surface area (Å²) in [7, 11) is 0. The van der Waals surface area contributed by atoms with Gasteiger partial charge in [-0.1, -0.05) is 0 Å². The first-order chi connectivity index (χ1) is 17.7. The molecule has 186 valence electrons. The SMILES string of the molecule is O=C(Nc1ccncc1)Nc1ccc(-c2nc(C3CCOCC3)cc(N3C4CCC3COC4)n2)cc1. The molecule has 2 amide bonds. The zero-order valence-electron chi connectivity index (χ0n) is 20.1. The zero-order chi connectivity index (χ0) is 24.3. The lowest BCUT2D eigenvalue weighted by molar-refractivity contribution is 0.0843. The molecule has 6 rings (SSSR count). The number of morpholine rings is 1. The maximum Gasteiger partial charge on any atom is 0.323 e. The van der Waals surface area contributed by atoms with Crippen LogP contribution in [0.1, 0.15) is 37.3 Å². The number of aromatic nitrogens is 3. The molecule has 3 aliphatic rings. The van der Waals surface area contributed by atoms with Crippen LogP contribution in [-0.2, 0) is 9.47 Å². The molecule has 5 heterocycles. The number of ether oxygens (including phenoxy) is 2. The highest BCUT2D eigenvalue weighted by Gasteiger charge is 2.38. The molecular formula is C27H30N6O3. The molecule has 2 atom stereocenters. The van der Waals surface area contributed by atoms with Crippen LogP contribution in [0.25, 0.3) is 11.4 Å². The van der Waals surface area contributed by atoms with Gasteiger partial charge in [-0.25, -0.2) is 14.8 Å². The second-order valence-corrected chi connectivity index (χ2v) is 9.58. The Balaban J connectivity index is 1.25. The molecule has 2 N–H and O–H groups in total. The largest absolute Gasteiger partial charge is 0.381 e. The second kappa shape index (κ2) is 10.2. The van der Waals surface area contributed by atoms with Crippen molar-refractivity contribution < 1.29 is 14.3 Å². The Kier molecular flexibility index (Phi) is 6.48. The summed E-state index contributed by atoms with van der Waals surface area (Å²) in [5.74, 6) is 2.08. The molecule has 3 saturated heterocycles. The molecule has 0 aliphatic carbocycles. The van der Waals surface area contributed by atoms with Gasteiger partial charge in [-0.05, 0) is 62.1 Å². The molecule has 0 saturated carbocycles. The number of amides is 2. The van der Waals surface area contributed by atoms with E-state index in [0.29, 0.717) is 35.2 Å². The number of anilines is 3. The summed E-state index contributed by atoms with van der Waals surface area (Å²) >= 11 is 0. The van der Waals surface area contributed by atoms with E-state index >= 15 is 0 Å². The van der Waals surface area contributed by atoms with E-state index in [1.807, 2.05) is 24.3 Å². The minimum Gasteiger partial charge on any atom is -0.381 e. The van der Waals surface area contributed by atoms with Crippen molar-refractivity contribution in [3.63, 3.8) is 0 Å². The number of nitrogens with zero attached hydrogens (tertiary/aromatic N) is 4. The Labute approximate surface area is 210 Å². The maximum absolute atomic E-state index is 12.4. The van der Waals surface area contributed by atoms with Crippen molar-refractivity contribution in [2.24, 2.45) is 0 Å². The summed E-state index contributed by atoms with van der Waals surface area (Å²) in [6.45, 7) is 3.04. The topological polar surface area (TPSA) is 102 Å². The van der Waals surface area contributed by atoms with E-state index in [2.05, 4.69) is 26.6 Å². The Hall–Kier alpha value is -3.56. The van der Waals surface area contributed by atoms with Crippen molar-refractivity contribution in [2.45, 2.75) is 43.7 Å². The van der Waals surface area contributed by atoms with Crippen LogP contribution in [0.5, 0.6) is 0 Å². The Bertz CT molecular complexity index is 1180. The summed E-state index contributed by atoms with van der Waals surface area (Å²) in [6, 6.07) is 13.8. The van der Waals surface area contributed by atoms with E-state index in [0.717, 1.165) is 69.2 Å². The van der Waals surface area contributed by atoms with Gasteiger partial charge in [0.25, 0.3) is 0 Å². The molecule has 3 fully saturated rings. The van der Waals surface area contributed by atoms with E-state index in [4.69, 9.17) is 19.4 Å². The predicted octanol–water partition coefficient (Wildman–Crippen LogP) is 4.44. The van der Waals surface area contributed by atoms with Crippen molar-refractivity contribution in [1.29, 1.82) is 0 Å². The third-order valence-electron chi connectivity index (χ3n) is 7.22. The molecule has 3 aromatic rings. The molecule has 0 radical (unpaired) electrons. The molecule has 2 aromatic heterocycles. The molecule has 1 aromatic carbocycles. The first-order valence-electron chi connectivity index (χ1n) is 12.6. The smallest absolute Gasteiger partial charge is 0.323 e. The van der Waals surface area contributed by atoms with Gasteiger partial charge < -0.3 is 25.0 Å². The average molecular weight is 487 g/mol. The van der Waals surface area contributed by atoms with Gasteiger partial charge in [-0.15, -0.1) is 0 Å². The Morgan fingerprint density at radius 3 is 2.19 bits per heavy atom. The first-order valence-corrected chi connectivity index (χ1v) is 12.6. The van der Waals surface area contributed by atoms with Crippen LogP contribution in [0, 0.1) is 0 Å². The van der Waals surface area contributed by atoms with Gasteiger partial charge in [0.2, 0.25) is 0 Å². The van der Waals surface area contributed by atoms with Crippen LogP contribution in [0.4, 0.5) is 22.0 Å². The number of fused-ring (bicyclic) bond motifs is 2. The number of hydrogen-bond acceptors (Lipinski definition) is 7. The average Bonchev–Trinajstić information content (AvgIpc) is 3.18. The van der Waals surface area contributed by atoms with Crippen LogP contribution < -0.4 is 15.5 Å². The van der Waals surface area contributed by atoms with Crippen LogP contribution in [-0.4, -0.2) is 59.5 Å². The summed E-state index contributed by atoms with van der Waals surface area (Å²) in [5.41, 5.74) is 3.38. The predicted molar refractivity (Wildman–Crippen MR) is 137 cm³/mol. The number of rotatable bonds is 5. The van der Waals surface area contributed by atoms with Crippen molar-refractivity contribution in [1.82, 2.24) is 15.0 Å². The number of carbonyl (C=O) groups excluding carboxylic acids is 1. The molecule has 3 aliphatic heterocycles. The number of pyridine rings is 1. The van der Waals surface area contributed by atoms with E-state index in [1.165, 1.54) is 0 Å². The molecule has 2 bridgehead atoms. The van der Waals surface area contributed by atoms with Gasteiger partial charge in [0.15, 0.2) is 5.82 Å². The fourth-order valence-corrected chi connectivity index (χ4v) is 5.35. The minimum absolute atomic E-state index is 0.309. The highest BCUT2D eigenvalue weighted by molar-refractivity contribution is 5.99.